The van der Waals surface area contributed by atoms with Crippen molar-refractivity contribution in [1.82, 2.24) is 15.3 Å². The van der Waals surface area contributed by atoms with Crippen molar-refractivity contribution in [2.24, 2.45) is 5.92 Å². The van der Waals surface area contributed by atoms with Gasteiger partial charge < -0.3 is 0 Å². The molecule has 0 spiro atoms. The fraction of sp³-hybridized carbons (Fsp3) is 0.263. The third-order valence-corrected chi connectivity index (χ3v) is 4.89. The van der Waals surface area contributed by atoms with Gasteiger partial charge in [0.15, 0.2) is 0 Å². The van der Waals surface area contributed by atoms with Gasteiger partial charge in [-0.25, -0.2) is 10.4 Å². The molecule has 0 radical (unpaired) electrons. The summed E-state index contributed by atoms with van der Waals surface area (Å²) in [4.78, 5) is 26.5. The first-order valence-electron chi connectivity index (χ1n) is 8.10. The Hall–Kier alpha value is -2.50. The van der Waals surface area contributed by atoms with Crippen LogP contribution in [-0.2, 0) is 16.1 Å². The van der Waals surface area contributed by atoms with Crippen LogP contribution in [0.15, 0.2) is 60.7 Å². The molecule has 2 aromatic rings. The maximum absolute atomic E-state index is 12.6. The summed E-state index contributed by atoms with van der Waals surface area (Å²) in [6.07, 6.45) is 0. The number of hydrogen-bond donors (Lipinski definition) is 1. The Morgan fingerprint density at radius 2 is 1.54 bits per heavy atom. The van der Waals surface area contributed by atoms with E-state index in [-0.39, 0.29) is 23.8 Å². The second-order valence-electron chi connectivity index (χ2n) is 6.34. The van der Waals surface area contributed by atoms with E-state index in [0.29, 0.717) is 6.54 Å². The second kappa shape index (κ2) is 5.85. The quantitative estimate of drug-likeness (QED) is 0.875. The van der Waals surface area contributed by atoms with Gasteiger partial charge in [0.05, 0.1) is 12.0 Å². The highest BCUT2D eigenvalue weighted by molar-refractivity contribution is 6.07. The third-order valence-electron chi connectivity index (χ3n) is 4.89. The minimum atomic E-state index is -0.451. The number of likely N-dealkylation sites (tertiary alicyclic amines) is 1. The number of nitrogens with one attached hydrogen (secondary N) is 1. The van der Waals surface area contributed by atoms with Crippen molar-refractivity contribution in [3.05, 3.63) is 71.8 Å². The van der Waals surface area contributed by atoms with Crippen LogP contribution in [0.3, 0.4) is 0 Å². The molecule has 2 heterocycles. The summed E-state index contributed by atoms with van der Waals surface area (Å²) in [6, 6.07) is 19.2. The van der Waals surface area contributed by atoms with E-state index in [1.54, 1.807) is 7.05 Å². The van der Waals surface area contributed by atoms with Crippen LogP contribution < -0.4 is 5.43 Å². The van der Waals surface area contributed by atoms with Gasteiger partial charge in [0, 0.05) is 13.6 Å². The van der Waals surface area contributed by atoms with Crippen molar-refractivity contribution in [3.63, 3.8) is 0 Å². The van der Waals surface area contributed by atoms with Gasteiger partial charge >= 0.3 is 0 Å². The summed E-state index contributed by atoms with van der Waals surface area (Å²) in [5.74, 6) is -0.623. The number of nitrogens with zero attached hydrogens (tertiary/aromatic N) is 2. The van der Waals surface area contributed by atoms with Crippen molar-refractivity contribution in [2.45, 2.75) is 18.6 Å². The number of hydrazine groups is 1. The molecule has 0 aromatic heterocycles. The first-order valence-corrected chi connectivity index (χ1v) is 8.10. The molecule has 0 bridgehead atoms. The lowest BCUT2D eigenvalue weighted by atomic mass is 9.91. The highest BCUT2D eigenvalue weighted by atomic mass is 16.2. The van der Waals surface area contributed by atoms with Crippen molar-refractivity contribution in [2.75, 3.05) is 7.05 Å². The third kappa shape index (κ3) is 2.33. The Bertz CT molecular complexity index is 763. The van der Waals surface area contributed by atoms with Gasteiger partial charge in [-0.2, -0.15) is 0 Å². The van der Waals surface area contributed by atoms with E-state index in [4.69, 9.17) is 0 Å². The molecule has 2 amide bonds. The Balaban J connectivity index is 1.69. The summed E-state index contributed by atoms with van der Waals surface area (Å²) in [7, 11) is 1.58. The van der Waals surface area contributed by atoms with Gasteiger partial charge in [-0.1, -0.05) is 60.7 Å². The highest BCUT2D eigenvalue weighted by Crippen LogP contribution is 2.40. The molecular weight excluding hydrogens is 302 g/mol. The number of likely N-dealkylation sites (N-methyl/N-ethyl adjacent to an activating group) is 1. The largest absolute Gasteiger partial charge is 0.284 e. The molecule has 5 nitrogen and oxygen atoms in total. The predicted octanol–water partition coefficient (Wildman–Crippen LogP) is 1.73. The zero-order valence-corrected chi connectivity index (χ0v) is 13.4. The van der Waals surface area contributed by atoms with Crippen LogP contribution in [0, 0.1) is 5.92 Å². The van der Waals surface area contributed by atoms with Crippen LogP contribution in [0.4, 0.5) is 0 Å². The van der Waals surface area contributed by atoms with Gasteiger partial charge in [-0.15, -0.1) is 0 Å². The Kier molecular flexibility index (Phi) is 3.67. The smallest absolute Gasteiger partial charge is 0.248 e. The van der Waals surface area contributed by atoms with Crippen LogP contribution in [0.5, 0.6) is 0 Å². The van der Waals surface area contributed by atoms with E-state index in [2.05, 4.69) is 5.43 Å². The van der Waals surface area contributed by atoms with Crippen molar-refractivity contribution >= 4 is 11.8 Å². The van der Waals surface area contributed by atoms with Gasteiger partial charge in [0.1, 0.15) is 6.04 Å². The summed E-state index contributed by atoms with van der Waals surface area (Å²) in [6.45, 7) is 0.582. The molecule has 4 rings (SSSR count). The number of imide groups is 1. The summed E-state index contributed by atoms with van der Waals surface area (Å²) < 4.78 is 0. The topological polar surface area (TPSA) is 52.7 Å². The van der Waals surface area contributed by atoms with E-state index in [0.717, 1.165) is 11.1 Å². The lowest BCUT2D eigenvalue weighted by Gasteiger charge is -2.23. The van der Waals surface area contributed by atoms with Gasteiger partial charge in [-0.05, 0) is 11.1 Å². The number of carbonyl (C=O) groups is 2. The number of benzene rings is 2. The highest BCUT2D eigenvalue weighted by Gasteiger charge is 2.57. The van der Waals surface area contributed by atoms with Gasteiger partial charge in [0.25, 0.3) is 0 Å². The first-order chi connectivity index (χ1) is 11.7. The molecule has 2 aliphatic heterocycles. The lowest BCUT2D eigenvalue weighted by Crippen LogP contribution is -2.43. The molecule has 2 aromatic carbocycles. The Morgan fingerprint density at radius 1 is 0.917 bits per heavy atom. The number of hydrogen-bond acceptors (Lipinski definition) is 4. The van der Waals surface area contributed by atoms with Crippen LogP contribution in [0.25, 0.3) is 0 Å². The monoisotopic (exact) mass is 321 g/mol. The van der Waals surface area contributed by atoms with Crippen molar-refractivity contribution in [3.8, 4) is 0 Å². The van der Waals surface area contributed by atoms with E-state index in [9.17, 15) is 9.59 Å². The summed E-state index contributed by atoms with van der Waals surface area (Å²) >= 11 is 0. The molecule has 122 valence electrons. The molecule has 2 saturated heterocycles. The van der Waals surface area contributed by atoms with Gasteiger partial charge in [-0.3, -0.25) is 14.5 Å². The van der Waals surface area contributed by atoms with E-state index in [1.807, 2.05) is 65.7 Å². The minimum absolute atomic E-state index is 0.109. The normalized spacial score (nSPS) is 26.9. The standard InChI is InChI=1S/C19H19N3O2/c1-21-18(23)15-16(14-10-6-3-7-11-14)20-22(17(15)19(21)24)12-13-8-4-2-5-9-13/h2-11,15-17,20H,12H2,1H3. The molecule has 0 aliphatic carbocycles. The van der Waals surface area contributed by atoms with Gasteiger partial charge in [0.2, 0.25) is 11.8 Å². The Labute approximate surface area is 140 Å². The summed E-state index contributed by atoms with van der Waals surface area (Å²) in [5.41, 5.74) is 5.54. The van der Waals surface area contributed by atoms with E-state index >= 15 is 0 Å². The zero-order chi connectivity index (χ0) is 16.7. The van der Waals surface area contributed by atoms with Crippen molar-refractivity contribution < 1.29 is 9.59 Å². The molecule has 3 atom stereocenters. The SMILES string of the molecule is CN1C(=O)C2C(c3ccccc3)NN(Cc3ccccc3)C2C1=O. The maximum atomic E-state index is 12.6. The molecule has 0 saturated carbocycles. The second-order valence-corrected chi connectivity index (χ2v) is 6.34. The molecule has 5 heteroatoms. The number of rotatable bonds is 3. The number of amides is 2. The number of carbonyl (C=O) groups excluding carboxylic acids is 2. The molecule has 24 heavy (non-hydrogen) atoms. The van der Waals surface area contributed by atoms with Crippen molar-refractivity contribution in [1.29, 1.82) is 0 Å². The number of fused-ring (bicyclic) bond motifs is 1. The van der Waals surface area contributed by atoms with Crippen LogP contribution in [-0.4, -0.2) is 34.8 Å². The maximum Gasteiger partial charge on any atom is 0.248 e. The lowest BCUT2D eigenvalue weighted by molar-refractivity contribution is -0.139. The Morgan fingerprint density at radius 3 is 2.21 bits per heavy atom. The fourth-order valence-corrected chi connectivity index (χ4v) is 3.68. The van der Waals surface area contributed by atoms with Crippen LogP contribution in [0.2, 0.25) is 0 Å². The molecule has 2 fully saturated rings. The van der Waals surface area contributed by atoms with Crippen LogP contribution >= 0.6 is 0 Å². The molecule has 1 N–H and O–H groups in total. The average Bonchev–Trinajstić information content (AvgIpc) is 3.09. The van der Waals surface area contributed by atoms with Crippen LogP contribution in [0.1, 0.15) is 17.2 Å². The molecule has 3 unspecified atom stereocenters. The average molecular weight is 321 g/mol. The summed E-state index contributed by atoms with van der Waals surface area (Å²) in [5, 5.41) is 1.92. The first kappa shape index (κ1) is 15.1. The molecule has 2 aliphatic rings. The van der Waals surface area contributed by atoms with E-state index in [1.165, 1.54) is 4.90 Å². The molecular formula is C19H19N3O2. The van der Waals surface area contributed by atoms with E-state index < -0.39 is 6.04 Å². The fourth-order valence-electron chi connectivity index (χ4n) is 3.68. The zero-order valence-electron chi connectivity index (χ0n) is 13.4. The predicted molar refractivity (Wildman–Crippen MR) is 89.4 cm³/mol. The minimum Gasteiger partial charge on any atom is -0.284 e.